The van der Waals surface area contributed by atoms with E-state index in [-0.39, 0.29) is 12.1 Å². The monoisotopic (exact) mass is 302 g/mol. The van der Waals surface area contributed by atoms with Gasteiger partial charge in [-0.15, -0.1) is 0 Å². The number of anilines is 1. The van der Waals surface area contributed by atoms with Crippen molar-refractivity contribution < 1.29 is 9.90 Å². The van der Waals surface area contributed by atoms with Crippen LogP contribution >= 0.6 is 23.2 Å². The molecule has 0 aliphatic heterocycles. The summed E-state index contributed by atoms with van der Waals surface area (Å²) >= 11 is 11.6. The lowest BCUT2D eigenvalue weighted by molar-refractivity contribution is 0.142. The molecule has 1 aromatic carbocycles. The lowest BCUT2D eigenvalue weighted by Crippen LogP contribution is -2.31. The summed E-state index contributed by atoms with van der Waals surface area (Å²) in [7, 11) is 0. The highest BCUT2D eigenvalue weighted by Crippen LogP contribution is 2.33. The van der Waals surface area contributed by atoms with Gasteiger partial charge in [-0.25, -0.2) is 4.79 Å². The van der Waals surface area contributed by atoms with Gasteiger partial charge < -0.3 is 15.7 Å². The maximum atomic E-state index is 11.6. The van der Waals surface area contributed by atoms with Gasteiger partial charge >= 0.3 is 6.03 Å². The van der Waals surface area contributed by atoms with Crippen LogP contribution in [0.3, 0.4) is 0 Å². The molecule has 0 bridgehead atoms. The predicted molar refractivity (Wildman–Crippen MR) is 76.8 cm³/mol. The number of carbonyl (C=O) groups is 1. The van der Waals surface area contributed by atoms with Gasteiger partial charge in [-0.2, -0.15) is 0 Å². The quantitative estimate of drug-likeness (QED) is 0.781. The zero-order valence-corrected chi connectivity index (χ0v) is 11.8. The Morgan fingerprint density at radius 2 is 2.11 bits per heavy atom. The third kappa shape index (κ3) is 4.56. The van der Waals surface area contributed by atoms with E-state index in [1.54, 1.807) is 18.2 Å². The van der Waals surface area contributed by atoms with E-state index in [0.717, 1.165) is 12.8 Å². The molecule has 1 fully saturated rings. The Morgan fingerprint density at radius 3 is 2.74 bits per heavy atom. The molecule has 0 saturated heterocycles. The van der Waals surface area contributed by atoms with Crippen LogP contribution in [0.2, 0.25) is 10.0 Å². The number of amides is 2. The van der Waals surface area contributed by atoms with Crippen LogP contribution in [0.25, 0.3) is 0 Å². The van der Waals surface area contributed by atoms with Crippen molar-refractivity contribution in [2.75, 3.05) is 11.9 Å². The third-order valence-corrected chi connectivity index (χ3v) is 3.81. The molecule has 0 unspecified atom stereocenters. The molecule has 1 aliphatic rings. The van der Waals surface area contributed by atoms with E-state index >= 15 is 0 Å². The Labute approximate surface area is 122 Å². The first kappa shape index (κ1) is 14.4. The molecule has 2 amide bonds. The van der Waals surface area contributed by atoms with Gasteiger partial charge in [-0.1, -0.05) is 23.2 Å². The Hall–Kier alpha value is -0.970. The number of benzene rings is 1. The van der Waals surface area contributed by atoms with Crippen LogP contribution < -0.4 is 10.6 Å². The van der Waals surface area contributed by atoms with Gasteiger partial charge in [0.2, 0.25) is 0 Å². The van der Waals surface area contributed by atoms with Crippen LogP contribution in [0.4, 0.5) is 10.5 Å². The topological polar surface area (TPSA) is 61.4 Å². The minimum absolute atomic E-state index is 0.301. The first-order valence-corrected chi connectivity index (χ1v) is 7.00. The SMILES string of the molecule is O=C(NCC[C@H](O)C1CC1)Nc1ccc(Cl)c(Cl)c1. The van der Waals surface area contributed by atoms with Gasteiger partial charge in [0.05, 0.1) is 16.1 Å². The normalized spacial score (nSPS) is 15.9. The van der Waals surface area contributed by atoms with Crippen molar-refractivity contribution >= 4 is 34.9 Å². The minimum Gasteiger partial charge on any atom is -0.393 e. The highest BCUT2D eigenvalue weighted by molar-refractivity contribution is 6.42. The zero-order chi connectivity index (χ0) is 13.8. The van der Waals surface area contributed by atoms with E-state index in [0.29, 0.717) is 34.6 Å². The molecular weight excluding hydrogens is 287 g/mol. The average molecular weight is 303 g/mol. The summed E-state index contributed by atoms with van der Waals surface area (Å²) in [5, 5.41) is 15.8. The molecule has 3 N–H and O–H groups in total. The van der Waals surface area contributed by atoms with Crippen molar-refractivity contribution in [2.45, 2.75) is 25.4 Å². The van der Waals surface area contributed by atoms with E-state index in [9.17, 15) is 9.90 Å². The van der Waals surface area contributed by atoms with Crippen LogP contribution in [0.15, 0.2) is 18.2 Å². The lowest BCUT2D eigenvalue weighted by Gasteiger charge is -2.11. The zero-order valence-electron chi connectivity index (χ0n) is 10.3. The number of urea groups is 1. The molecule has 2 rings (SSSR count). The van der Waals surface area contributed by atoms with Crippen LogP contribution in [0.5, 0.6) is 0 Å². The average Bonchev–Trinajstić information content (AvgIpc) is 3.18. The summed E-state index contributed by atoms with van der Waals surface area (Å²) in [5.74, 6) is 0.430. The summed E-state index contributed by atoms with van der Waals surface area (Å²) in [5.41, 5.74) is 0.578. The van der Waals surface area contributed by atoms with Gasteiger partial charge in [0.1, 0.15) is 0 Å². The predicted octanol–water partition coefficient (Wildman–Crippen LogP) is 3.28. The Kier molecular flexibility index (Phi) is 4.91. The van der Waals surface area contributed by atoms with Crippen molar-refractivity contribution in [3.8, 4) is 0 Å². The lowest BCUT2D eigenvalue weighted by atomic mass is 10.2. The van der Waals surface area contributed by atoms with E-state index in [2.05, 4.69) is 10.6 Å². The van der Waals surface area contributed by atoms with Crippen LogP contribution in [-0.4, -0.2) is 23.8 Å². The third-order valence-electron chi connectivity index (χ3n) is 3.07. The van der Waals surface area contributed by atoms with Crippen molar-refractivity contribution in [3.05, 3.63) is 28.2 Å². The van der Waals surface area contributed by atoms with Crippen molar-refractivity contribution in [2.24, 2.45) is 5.92 Å². The highest BCUT2D eigenvalue weighted by atomic mass is 35.5. The van der Waals surface area contributed by atoms with E-state index in [4.69, 9.17) is 23.2 Å². The van der Waals surface area contributed by atoms with Gasteiger partial charge in [-0.3, -0.25) is 0 Å². The van der Waals surface area contributed by atoms with E-state index in [1.165, 1.54) is 0 Å². The number of nitrogens with one attached hydrogen (secondary N) is 2. The van der Waals surface area contributed by atoms with Gasteiger partial charge in [-0.05, 0) is 43.4 Å². The van der Waals surface area contributed by atoms with E-state index < -0.39 is 0 Å². The standard InChI is InChI=1S/C13H16Cl2N2O2/c14-10-4-3-9(7-11(10)15)17-13(19)16-6-5-12(18)8-1-2-8/h3-4,7-8,12,18H,1-2,5-6H2,(H2,16,17,19)/t12-/m0/s1. The molecule has 1 saturated carbocycles. The maximum absolute atomic E-state index is 11.6. The number of hydrogen-bond acceptors (Lipinski definition) is 2. The maximum Gasteiger partial charge on any atom is 0.319 e. The molecule has 1 aromatic rings. The molecule has 0 heterocycles. The number of rotatable bonds is 5. The second-order valence-electron chi connectivity index (χ2n) is 4.70. The first-order chi connectivity index (χ1) is 9.06. The number of aliphatic hydroxyl groups excluding tert-OH is 1. The summed E-state index contributed by atoms with van der Waals surface area (Å²) in [6.45, 7) is 0.449. The molecule has 19 heavy (non-hydrogen) atoms. The van der Waals surface area contributed by atoms with Crippen molar-refractivity contribution in [1.82, 2.24) is 5.32 Å². The Balaban J connectivity index is 1.72. The summed E-state index contributed by atoms with van der Waals surface area (Å²) in [6.07, 6.45) is 2.47. The fraction of sp³-hybridized carbons (Fsp3) is 0.462. The smallest absolute Gasteiger partial charge is 0.319 e. The first-order valence-electron chi connectivity index (χ1n) is 6.24. The van der Waals surface area contributed by atoms with Gasteiger partial charge in [0.15, 0.2) is 0 Å². The number of halogens is 2. The molecule has 4 nitrogen and oxygen atoms in total. The number of aliphatic hydroxyl groups is 1. The van der Waals surface area contributed by atoms with E-state index in [1.807, 2.05) is 0 Å². The minimum atomic E-state index is -0.318. The summed E-state index contributed by atoms with van der Waals surface area (Å²) in [4.78, 5) is 11.6. The molecule has 0 aromatic heterocycles. The second-order valence-corrected chi connectivity index (χ2v) is 5.52. The molecule has 1 aliphatic carbocycles. The highest BCUT2D eigenvalue weighted by Gasteiger charge is 2.29. The Morgan fingerprint density at radius 1 is 1.37 bits per heavy atom. The molecule has 6 heteroatoms. The van der Waals surface area contributed by atoms with Crippen LogP contribution in [0.1, 0.15) is 19.3 Å². The van der Waals surface area contributed by atoms with Crippen LogP contribution in [-0.2, 0) is 0 Å². The summed E-state index contributed by atoms with van der Waals surface area (Å²) in [6, 6.07) is 4.56. The fourth-order valence-electron chi connectivity index (χ4n) is 1.80. The molecule has 1 atom stereocenters. The van der Waals surface area contributed by atoms with Crippen LogP contribution in [0, 0.1) is 5.92 Å². The number of carbonyl (C=O) groups excluding carboxylic acids is 1. The summed E-state index contributed by atoms with van der Waals surface area (Å²) < 4.78 is 0. The van der Waals surface area contributed by atoms with Crippen molar-refractivity contribution in [3.63, 3.8) is 0 Å². The van der Waals surface area contributed by atoms with Gasteiger partial charge in [0.25, 0.3) is 0 Å². The Bertz CT molecular complexity index is 464. The molecule has 0 spiro atoms. The van der Waals surface area contributed by atoms with Crippen molar-refractivity contribution in [1.29, 1.82) is 0 Å². The largest absolute Gasteiger partial charge is 0.393 e. The van der Waals surface area contributed by atoms with Gasteiger partial charge in [0, 0.05) is 12.2 Å². The molecule has 0 radical (unpaired) electrons. The second kappa shape index (κ2) is 6.46. The fourth-order valence-corrected chi connectivity index (χ4v) is 2.10. The molecular formula is C13H16Cl2N2O2. The molecule has 104 valence electrons. The number of hydrogen-bond donors (Lipinski definition) is 3.